The van der Waals surface area contributed by atoms with Crippen molar-refractivity contribution in [2.45, 2.75) is 179 Å². The molecule has 0 radical (unpaired) electrons. The molecule has 3 rings (SSSR count). The second-order valence-electron chi connectivity index (χ2n) is 16.5. The van der Waals surface area contributed by atoms with Gasteiger partial charge in [0.05, 0.1) is 42.0 Å². The highest BCUT2D eigenvalue weighted by Gasteiger charge is 2.51. The number of carbonyl (C=O) groups is 1. The van der Waals surface area contributed by atoms with E-state index in [0.29, 0.717) is 13.0 Å². The van der Waals surface area contributed by atoms with Crippen molar-refractivity contribution in [3.8, 4) is 0 Å². The molecule has 0 aliphatic carbocycles. The molecule has 0 bridgehead atoms. The fourth-order valence-corrected chi connectivity index (χ4v) is 8.47. The van der Waals surface area contributed by atoms with Crippen molar-refractivity contribution >= 4 is 5.97 Å². The average Bonchev–Trinajstić information content (AvgIpc) is 3.04. The molecule has 0 aromatic carbocycles. The zero-order valence-corrected chi connectivity index (χ0v) is 33.3. The van der Waals surface area contributed by atoms with Gasteiger partial charge >= 0.3 is 5.97 Å². The lowest BCUT2D eigenvalue weighted by atomic mass is 9.77. The van der Waals surface area contributed by atoms with Crippen LogP contribution in [0.1, 0.15) is 88.0 Å². The number of nitrogens with zero attached hydrogens (tertiary/aromatic N) is 2. The molecule has 3 fully saturated rings. The monoisotopic (exact) mass is 734 g/mol. The van der Waals surface area contributed by atoms with E-state index < -0.39 is 96.5 Å². The predicted molar refractivity (Wildman–Crippen MR) is 190 cm³/mol. The van der Waals surface area contributed by atoms with Crippen LogP contribution in [-0.4, -0.2) is 167 Å². The summed E-state index contributed by atoms with van der Waals surface area (Å²) in [5.74, 6) is -2.55. The lowest BCUT2D eigenvalue weighted by Gasteiger charge is -2.48. The van der Waals surface area contributed by atoms with Gasteiger partial charge in [0.2, 0.25) is 0 Å². The zero-order chi connectivity index (χ0) is 38.7. The highest BCUT2D eigenvalue weighted by Crippen LogP contribution is 2.39. The van der Waals surface area contributed by atoms with E-state index in [-0.39, 0.29) is 37.3 Å². The maximum atomic E-state index is 14.1. The lowest BCUT2D eigenvalue weighted by molar-refractivity contribution is -0.311. The van der Waals surface area contributed by atoms with Gasteiger partial charge < -0.3 is 63.8 Å². The molecule has 5 N–H and O–H groups in total. The summed E-state index contributed by atoms with van der Waals surface area (Å²) in [5, 5.41) is 57.8. The topological polar surface area (TPSA) is 180 Å². The minimum atomic E-state index is -1.79. The number of cyclic esters (lactones) is 1. The van der Waals surface area contributed by atoms with Crippen molar-refractivity contribution in [3.63, 3.8) is 0 Å². The third-order valence-electron chi connectivity index (χ3n) is 11.7. The smallest absolute Gasteiger partial charge is 0.311 e. The Bertz CT molecular complexity index is 1100. The molecule has 0 aromatic heterocycles. The van der Waals surface area contributed by atoms with E-state index in [1.165, 1.54) is 14.0 Å². The Hall–Kier alpha value is -1.01. The Morgan fingerprint density at radius 3 is 2.16 bits per heavy atom. The largest absolute Gasteiger partial charge is 0.459 e. The van der Waals surface area contributed by atoms with Crippen LogP contribution in [0.4, 0.5) is 0 Å². The van der Waals surface area contributed by atoms with Gasteiger partial charge in [0, 0.05) is 38.1 Å². The van der Waals surface area contributed by atoms with Crippen LogP contribution in [0.2, 0.25) is 0 Å². The van der Waals surface area contributed by atoms with Crippen molar-refractivity contribution in [3.05, 3.63) is 0 Å². The van der Waals surface area contributed by atoms with Gasteiger partial charge in [-0.15, -0.1) is 0 Å². The van der Waals surface area contributed by atoms with Crippen molar-refractivity contribution < 1.29 is 58.7 Å². The molecule has 3 aliphatic rings. The third-order valence-corrected chi connectivity index (χ3v) is 11.7. The van der Waals surface area contributed by atoms with E-state index >= 15 is 0 Å². The van der Waals surface area contributed by atoms with E-state index in [1.54, 1.807) is 34.6 Å². The highest BCUT2D eigenvalue weighted by atomic mass is 16.7. The van der Waals surface area contributed by atoms with Gasteiger partial charge in [-0.3, -0.25) is 4.79 Å². The van der Waals surface area contributed by atoms with Gasteiger partial charge in [-0.05, 0) is 87.9 Å². The molecule has 3 saturated heterocycles. The molecule has 0 spiro atoms. The first-order valence-electron chi connectivity index (χ1n) is 18.8. The number of esters is 1. The summed E-state index contributed by atoms with van der Waals surface area (Å²) in [4.78, 5) is 18.0. The summed E-state index contributed by atoms with van der Waals surface area (Å²) in [6, 6.07) is -0.800. The number of rotatable bonds is 7. The number of aliphatic hydroxyl groups excluding tert-OH is 3. The number of aliphatic hydroxyl groups is 5. The average molecular weight is 735 g/mol. The van der Waals surface area contributed by atoms with Gasteiger partial charge in [-0.1, -0.05) is 20.8 Å². The second kappa shape index (κ2) is 18.1. The summed E-state index contributed by atoms with van der Waals surface area (Å²) >= 11 is 0. The molecule has 3 heterocycles. The molecule has 18 atom stereocenters. The number of hydrogen-bond acceptors (Lipinski definition) is 14. The van der Waals surface area contributed by atoms with Gasteiger partial charge in [0.15, 0.2) is 12.6 Å². The molecule has 14 heteroatoms. The van der Waals surface area contributed by atoms with Gasteiger partial charge in [-0.2, -0.15) is 0 Å². The molecule has 51 heavy (non-hydrogen) atoms. The van der Waals surface area contributed by atoms with Crippen molar-refractivity contribution in [1.82, 2.24) is 9.80 Å². The van der Waals surface area contributed by atoms with E-state index in [4.69, 9.17) is 28.4 Å². The number of methoxy groups -OCH3 is 1. The van der Waals surface area contributed by atoms with Crippen LogP contribution in [0.5, 0.6) is 0 Å². The molecular formula is C37H70N2O12. The fraction of sp³-hybridized carbons (Fsp3) is 0.973. The molecule has 3 aliphatic heterocycles. The van der Waals surface area contributed by atoms with Crippen LogP contribution in [0.15, 0.2) is 0 Å². The summed E-state index contributed by atoms with van der Waals surface area (Å²) in [6.07, 6.45) is -8.57. The standard InChI is InChI=1S/C37H70N2O12/c1-14-27-37(9,45)32(42)23(6)39(12)18-19(2)17-36(8,44)33(51-35-30(41)25(38(10)11)15-20(3)47-35)21(4)31(22(5)34(43)49-27)50-28-16-26(46-13)29(40)24(7)48-28/h19-33,35,40-42,44-45H,14-18H2,1-13H3/t19-,20-,21+,22-,23-,24+,25+,26-,27-,28+,29+,30-,31+,32-,33-,35+,36-,37-/m1/s1. The Morgan fingerprint density at radius 1 is 0.961 bits per heavy atom. The number of carbonyl (C=O) groups excluding carboxylic acids is 1. The predicted octanol–water partition coefficient (Wildman–Crippen LogP) is 1.51. The van der Waals surface area contributed by atoms with E-state index in [2.05, 4.69) is 0 Å². The maximum absolute atomic E-state index is 14.1. The van der Waals surface area contributed by atoms with E-state index in [1.807, 2.05) is 51.7 Å². The van der Waals surface area contributed by atoms with Crippen LogP contribution in [0, 0.1) is 17.8 Å². The van der Waals surface area contributed by atoms with Gasteiger partial charge in [0.1, 0.15) is 30.0 Å². The van der Waals surface area contributed by atoms with E-state index in [9.17, 15) is 30.3 Å². The van der Waals surface area contributed by atoms with Gasteiger partial charge in [0.25, 0.3) is 0 Å². The Morgan fingerprint density at radius 2 is 1.59 bits per heavy atom. The molecule has 300 valence electrons. The van der Waals surface area contributed by atoms with E-state index in [0.717, 1.165) is 0 Å². The zero-order valence-electron chi connectivity index (χ0n) is 33.3. The Kier molecular flexibility index (Phi) is 15.7. The Balaban J connectivity index is 2.15. The number of likely N-dealkylation sites (N-methyl/N-ethyl adjacent to an activating group) is 2. The first-order chi connectivity index (χ1) is 23.6. The van der Waals surface area contributed by atoms with Crippen LogP contribution in [-0.2, 0) is 33.2 Å². The van der Waals surface area contributed by atoms with Crippen molar-refractivity contribution in [2.75, 3.05) is 34.8 Å². The maximum Gasteiger partial charge on any atom is 0.311 e. The second-order valence-corrected chi connectivity index (χ2v) is 16.5. The normalized spacial score (nSPS) is 48.9. The van der Waals surface area contributed by atoms with Crippen LogP contribution >= 0.6 is 0 Å². The quantitative estimate of drug-likeness (QED) is 0.238. The number of ether oxygens (including phenoxy) is 6. The third kappa shape index (κ3) is 10.4. The number of hydrogen-bond donors (Lipinski definition) is 5. The minimum Gasteiger partial charge on any atom is -0.459 e. The lowest BCUT2D eigenvalue weighted by Crippen LogP contribution is -2.60. The van der Waals surface area contributed by atoms with Crippen molar-refractivity contribution in [2.24, 2.45) is 17.8 Å². The molecule has 0 saturated carbocycles. The highest BCUT2D eigenvalue weighted by molar-refractivity contribution is 5.73. The molecule has 14 nitrogen and oxygen atoms in total. The summed E-state index contributed by atoms with van der Waals surface area (Å²) < 4.78 is 37.2. The first-order valence-corrected chi connectivity index (χ1v) is 18.8. The summed E-state index contributed by atoms with van der Waals surface area (Å²) in [5.41, 5.74) is -3.34. The minimum absolute atomic E-state index is 0.137. The summed E-state index contributed by atoms with van der Waals surface area (Å²) in [7, 11) is 7.11. The molecule has 0 unspecified atom stereocenters. The fourth-order valence-electron chi connectivity index (χ4n) is 8.47. The van der Waals surface area contributed by atoms with Crippen LogP contribution in [0.25, 0.3) is 0 Å². The molecule has 0 aromatic rings. The summed E-state index contributed by atoms with van der Waals surface area (Å²) in [6.45, 7) is 16.3. The Labute approximate surface area is 305 Å². The van der Waals surface area contributed by atoms with Crippen molar-refractivity contribution in [1.29, 1.82) is 0 Å². The van der Waals surface area contributed by atoms with Gasteiger partial charge in [-0.25, -0.2) is 0 Å². The molecular weight excluding hydrogens is 664 g/mol. The first kappa shape index (κ1) is 44.4. The molecule has 0 amide bonds. The van der Waals surface area contributed by atoms with Crippen LogP contribution < -0.4 is 0 Å². The SMILES string of the molecule is CC[C@H]1OC(=O)[C@H](C)[C@@H](O[C@H]2C[C@@H](OC)[C@@H](O)[C@H](C)O2)[C@H](C)[C@@H](O[C@@H]2O[C@H](C)C[C@H](N(C)C)[C@H]2O)[C@](C)(O)C[C@@H](C)CN(C)[C@H](C)[C@@H](O)[C@]1(C)O. The van der Waals surface area contributed by atoms with Crippen LogP contribution in [0.3, 0.4) is 0 Å².